The maximum Gasteiger partial charge on any atom is 0.279 e. The van der Waals surface area contributed by atoms with Gasteiger partial charge in [-0.15, -0.1) is 21.5 Å². The number of thioether (sulfide) groups is 1. The van der Waals surface area contributed by atoms with Crippen LogP contribution in [0.2, 0.25) is 0 Å². The fourth-order valence-electron chi connectivity index (χ4n) is 2.70. The summed E-state index contributed by atoms with van der Waals surface area (Å²) in [6.07, 6.45) is 1.19. The van der Waals surface area contributed by atoms with Crippen LogP contribution in [0.15, 0.2) is 22.7 Å². The number of carbonyl (C=O) groups excluding carboxylic acids is 2. The number of nitrogens with zero attached hydrogens (tertiary/aromatic N) is 3. The molecule has 27 heavy (non-hydrogen) atoms. The lowest BCUT2D eigenvalue weighted by molar-refractivity contribution is -0.119. The van der Waals surface area contributed by atoms with Crippen LogP contribution >= 0.6 is 23.1 Å². The van der Waals surface area contributed by atoms with Gasteiger partial charge in [0, 0.05) is 13.5 Å². The molecule has 1 aliphatic heterocycles. The molecular weight excluding hydrogens is 410 g/mol. The Kier molecular flexibility index (Phi) is 6.17. The van der Waals surface area contributed by atoms with Crippen LogP contribution in [0.3, 0.4) is 0 Å². The van der Waals surface area contributed by atoms with E-state index in [0.717, 1.165) is 0 Å². The second-order valence-electron chi connectivity index (χ2n) is 6.20. The maximum atomic E-state index is 11.9. The number of nitrogens with one attached hydrogen (secondary N) is 2. The first-order valence-corrected chi connectivity index (χ1v) is 11.9. The molecule has 2 aromatic rings. The van der Waals surface area contributed by atoms with E-state index in [4.69, 9.17) is 0 Å². The molecule has 0 bridgehead atoms. The Bertz CT molecular complexity index is 923. The van der Waals surface area contributed by atoms with Crippen molar-refractivity contribution < 1.29 is 18.0 Å². The topological polar surface area (TPSA) is 123 Å². The van der Waals surface area contributed by atoms with E-state index in [1.54, 1.807) is 29.1 Å². The van der Waals surface area contributed by atoms with Gasteiger partial charge < -0.3 is 4.57 Å². The molecule has 3 rings (SSSR count). The SMILES string of the molecule is Cn1c(CC2CCS(=O)(=O)C2)nnc1SCC(=O)NNC(=O)c1cccs1. The lowest BCUT2D eigenvalue weighted by Gasteiger charge is -2.08. The minimum atomic E-state index is -2.92. The van der Waals surface area contributed by atoms with Gasteiger partial charge in [-0.1, -0.05) is 17.8 Å². The summed E-state index contributed by atoms with van der Waals surface area (Å²) in [7, 11) is -1.13. The predicted octanol–water partition coefficient (Wildman–Crippen LogP) is 0.407. The summed E-state index contributed by atoms with van der Waals surface area (Å²) in [6, 6.07) is 3.42. The molecule has 1 unspecified atom stereocenters. The van der Waals surface area contributed by atoms with Crippen molar-refractivity contribution in [3.8, 4) is 0 Å². The molecule has 1 aliphatic rings. The van der Waals surface area contributed by atoms with Crippen molar-refractivity contribution in [3.05, 3.63) is 28.2 Å². The van der Waals surface area contributed by atoms with E-state index in [2.05, 4.69) is 21.0 Å². The van der Waals surface area contributed by atoms with Crippen molar-refractivity contribution in [3.63, 3.8) is 0 Å². The smallest absolute Gasteiger partial charge is 0.279 e. The first kappa shape index (κ1) is 19.8. The maximum absolute atomic E-state index is 11.9. The van der Waals surface area contributed by atoms with E-state index < -0.39 is 9.84 Å². The van der Waals surface area contributed by atoms with Crippen LogP contribution in [0.4, 0.5) is 0 Å². The van der Waals surface area contributed by atoms with Crippen molar-refractivity contribution in [2.75, 3.05) is 17.3 Å². The molecule has 0 aliphatic carbocycles. The quantitative estimate of drug-likeness (QED) is 0.503. The molecule has 0 aromatic carbocycles. The number of hydrogen-bond donors (Lipinski definition) is 2. The van der Waals surface area contributed by atoms with Gasteiger partial charge in [-0.2, -0.15) is 0 Å². The zero-order valence-corrected chi connectivity index (χ0v) is 17.0. The molecule has 2 aromatic heterocycles. The van der Waals surface area contributed by atoms with E-state index in [1.165, 1.54) is 23.1 Å². The number of amides is 2. The number of thiophene rings is 1. The number of sulfone groups is 1. The Balaban J connectivity index is 1.46. The fourth-order valence-corrected chi connectivity index (χ4v) is 5.91. The Morgan fingerprint density at radius 2 is 2.19 bits per heavy atom. The molecule has 9 nitrogen and oxygen atoms in total. The van der Waals surface area contributed by atoms with Crippen molar-refractivity contribution in [1.82, 2.24) is 25.6 Å². The van der Waals surface area contributed by atoms with Gasteiger partial charge in [0.15, 0.2) is 15.0 Å². The third-order valence-corrected chi connectivity index (χ3v) is 7.84. The number of hydrazine groups is 1. The van der Waals surface area contributed by atoms with Crippen LogP contribution in [0.5, 0.6) is 0 Å². The van der Waals surface area contributed by atoms with Gasteiger partial charge in [0.2, 0.25) is 5.91 Å². The minimum absolute atomic E-state index is 0.0616. The van der Waals surface area contributed by atoms with Crippen LogP contribution in [0.25, 0.3) is 0 Å². The molecule has 1 saturated heterocycles. The van der Waals surface area contributed by atoms with Crippen molar-refractivity contribution >= 4 is 44.8 Å². The zero-order valence-electron chi connectivity index (χ0n) is 14.5. The van der Waals surface area contributed by atoms with E-state index in [-0.39, 0.29) is 35.0 Å². The highest BCUT2D eigenvalue weighted by atomic mass is 32.2. The predicted molar refractivity (Wildman–Crippen MR) is 102 cm³/mol. The van der Waals surface area contributed by atoms with Crippen LogP contribution < -0.4 is 10.9 Å². The Morgan fingerprint density at radius 3 is 2.85 bits per heavy atom. The first-order chi connectivity index (χ1) is 12.8. The Morgan fingerprint density at radius 1 is 1.37 bits per heavy atom. The van der Waals surface area contributed by atoms with Crippen LogP contribution in [-0.2, 0) is 28.1 Å². The summed E-state index contributed by atoms with van der Waals surface area (Å²) in [4.78, 5) is 24.2. The molecular formula is C15H19N5O4S3. The van der Waals surface area contributed by atoms with Gasteiger partial charge in [-0.3, -0.25) is 20.4 Å². The van der Waals surface area contributed by atoms with Gasteiger partial charge in [-0.25, -0.2) is 8.42 Å². The third-order valence-electron chi connectivity index (χ3n) is 4.12. The van der Waals surface area contributed by atoms with E-state index in [1.807, 2.05) is 0 Å². The van der Waals surface area contributed by atoms with Gasteiger partial charge in [0.25, 0.3) is 5.91 Å². The second-order valence-corrected chi connectivity index (χ2v) is 10.3. The van der Waals surface area contributed by atoms with Gasteiger partial charge in [0.05, 0.1) is 22.1 Å². The molecule has 12 heteroatoms. The summed E-state index contributed by atoms with van der Waals surface area (Å²) < 4.78 is 24.9. The normalized spacial score (nSPS) is 18.3. The lowest BCUT2D eigenvalue weighted by atomic mass is 10.1. The van der Waals surface area contributed by atoms with Gasteiger partial charge >= 0.3 is 0 Å². The average molecular weight is 430 g/mol. The molecule has 0 radical (unpaired) electrons. The van der Waals surface area contributed by atoms with Gasteiger partial charge in [-0.05, 0) is 23.8 Å². The largest absolute Gasteiger partial charge is 0.309 e. The summed E-state index contributed by atoms with van der Waals surface area (Å²) in [5.41, 5.74) is 4.71. The molecule has 1 atom stereocenters. The molecule has 1 fully saturated rings. The number of hydrogen-bond acceptors (Lipinski definition) is 8. The Hall–Kier alpha value is -1.92. The molecule has 2 N–H and O–H groups in total. The molecule has 3 heterocycles. The molecule has 146 valence electrons. The third kappa shape index (κ3) is 5.30. The minimum Gasteiger partial charge on any atom is -0.309 e. The molecule has 0 spiro atoms. The van der Waals surface area contributed by atoms with Crippen molar-refractivity contribution in [2.24, 2.45) is 13.0 Å². The number of carbonyl (C=O) groups is 2. The monoisotopic (exact) mass is 429 g/mol. The lowest BCUT2D eigenvalue weighted by Crippen LogP contribution is -2.42. The summed E-state index contributed by atoms with van der Waals surface area (Å²) in [5, 5.41) is 10.5. The number of rotatable bonds is 6. The van der Waals surface area contributed by atoms with Crippen LogP contribution in [0.1, 0.15) is 21.9 Å². The number of aromatic nitrogens is 3. The summed E-state index contributed by atoms with van der Waals surface area (Å²) >= 11 is 2.48. The first-order valence-electron chi connectivity index (χ1n) is 8.18. The summed E-state index contributed by atoms with van der Waals surface area (Å²) in [5.74, 6) is 0.516. The van der Waals surface area contributed by atoms with E-state index in [9.17, 15) is 18.0 Å². The molecule has 2 amide bonds. The van der Waals surface area contributed by atoms with E-state index >= 15 is 0 Å². The highest BCUT2D eigenvalue weighted by Gasteiger charge is 2.29. The van der Waals surface area contributed by atoms with Crippen LogP contribution in [0, 0.1) is 5.92 Å². The second kappa shape index (κ2) is 8.40. The Labute approximate surface area is 164 Å². The highest BCUT2D eigenvalue weighted by Crippen LogP contribution is 2.23. The zero-order chi connectivity index (χ0) is 19.4. The summed E-state index contributed by atoms with van der Waals surface area (Å²) in [6.45, 7) is 0. The average Bonchev–Trinajstić information content (AvgIpc) is 3.34. The molecule has 0 saturated carbocycles. The van der Waals surface area contributed by atoms with Gasteiger partial charge in [0.1, 0.15) is 5.82 Å². The van der Waals surface area contributed by atoms with Crippen molar-refractivity contribution in [2.45, 2.75) is 18.0 Å². The van der Waals surface area contributed by atoms with Crippen molar-refractivity contribution in [1.29, 1.82) is 0 Å². The standard InChI is InChI=1S/C15H19N5O4S3/c1-20-12(7-10-4-6-27(23,24)9-10)16-19-15(20)26-8-13(21)17-18-14(22)11-3-2-5-25-11/h2-3,5,10H,4,6-9H2,1H3,(H,17,21)(H,18,22). The fraction of sp³-hybridized carbons (Fsp3) is 0.467. The highest BCUT2D eigenvalue weighted by molar-refractivity contribution is 7.99. The van der Waals surface area contributed by atoms with Crippen LogP contribution in [-0.4, -0.2) is 52.3 Å². The van der Waals surface area contributed by atoms with E-state index in [0.29, 0.717) is 28.7 Å².